The minimum absolute atomic E-state index is 0.329. The number of H-pyrrole nitrogens is 1. The highest BCUT2D eigenvalue weighted by Gasteiger charge is 2.44. The molecule has 2 aromatic heterocycles. The Morgan fingerprint density at radius 3 is 2.96 bits per heavy atom. The summed E-state index contributed by atoms with van der Waals surface area (Å²) in [4.78, 5) is 2.53. The van der Waals surface area contributed by atoms with E-state index in [0.29, 0.717) is 11.6 Å². The molecule has 2 saturated heterocycles. The van der Waals surface area contributed by atoms with Gasteiger partial charge in [0.05, 0.1) is 11.9 Å². The lowest BCUT2D eigenvalue weighted by Crippen LogP contribution is -2.45. The van der Waals surface area contributed by atoms with Crippen LogP contribution in [0, 0.1) is 0 Å². The number of aromatic amines is 1. The maximum absolute atomic E-state index is 5.56. The molecule has 2 aromatic rings. The number of hydrogen-bond donors (Lipinski definition) is 2. The van der Waals surface area contributed by atoms with Crippen LogP contribution in [0.15, 0.2) is 18.5 Å². The van der Waals surface area contributed by atoms with Crippen molar-refractivity contribution in [3.8, 4) is 11.4 Å². The number of likely N-dealkylation sites (N-methyl/N-ethyl adjacent to an activating group) is 1. The minimum Gasteiger partial charge on any atom is -0.381 e. The van der Waals surface area contributed by atoms with Crippen LogP contribution in [0.3, 0.4) is 0 Å². The maximum Gasteiger partial charge on any atom is 0.110 e. The summed E-state index contributed by atoms with van der Waals surface area (Å²) >= 11 is 0. The molecule has 7 heteroatoms. The first kappa shape index (κ1) is 15.8. The quantitative estimate of drug-likeness (QED) is 0.880. The normalized spacial score (nSPS) is 24.0. The number of aryl methyl sites for hydroxylation is 1. The van der Waals surface area contributed by atoms with Gasteiger partial charge in [-0.25, -0.2) is 0 Å². The number of likely N-dealkylation sites (tertiary alicyclic amines) is 1. The Labute approximate surface area is 142 Å². The molecule has 0 saturated carbocycles. The molecule has 2 fully saturated rings. The number of aromatic nitrogens is 4. The van der Waals surface area contributed by atoms with Gasteiger partial charge in [0, 0.05) is 56.7 Å². The minimum atomic E-state index is 0.329. The molecule has 2 aliphatic heterocycles. The smallest absolute Gasteiger partial charge is 0.110 e. The number of ether oxygens (including phenoxy) is 1. The molecule has 0 amide bonds. The van der Waals surface area contributed by atoms with E-state index in [0.717, 1.165) is 50.5 Å². The van der Waals surface area contributed by atoms with Crippen molar-refractivity contribution >= 4 is 0 Å². The van der Waals surface area contributed by atoms with Crippen LogP contribution in [0.1, 0.15) is 24.8 Å². The Balaban J connectivity index is 1.41. The molecule has 2 aliphatic rings. The zero-order valence-corrected chi connectivity index (χ0v) is 14.5. The van der Waals surface area contributed by atoms with Crippen molar-refractivity contribution in [1.82, 2.24) is 30.2 Å². The van der Waals surface area contributed by atoms with Gasteiger partial charge in [0.15, 0.2) is 0 Å². The molecule has 2 N–H and O–H groups in total. The first-order valence-corrected chi connectivity index (χ1v) is 8.71. The summed E-state index contributed by atoms with van der Waals surface area (Å²) in [6.07, 6.45) is 7.34. The van der Waals surface area contributed by atoms with E-state index in [2.05, 4.69) is 32.6 Å². The van der Waals surface area contributed by atoms with E-state index in [4.69, 9.17) is 4.74 Å². The molecule has 4 heterocycles. The molecular weight excluding hydrogens is 304 g/mol. The summed E-state index contributed by atoms with van der Waals surface area (Å²) in [6, 6.07) is 2.52. The fourth-order valence-electron chi connectivity index (χ4n) is 4.15. The average Bonchev–Trinajstić information content (AvgIpc) is 3.27. The molecule has 0 aliphatic carbocycles. The van der Waals surface area contributed by atoms with Crippen molar-refractivity contribution < 1.29 is 4.74 Å². The van der Waals surface area contributed by atoms with Crippen LogP contribution >= 0.6 is 0 Å². The highest BCUT2D eigenvalue weighted by molar-refractivity contribution is 5.57. The molecule has 1 atom stereocenters. The van der Waals surface area contributed by atoms with Gasteiger partial charge in [0.2, 0.25) is 0 Å². The van der Waals surface area contributed by atoms with Crippen LogP contribution in [0.5, 0.6) is 0 Å². The second kappa shape index (κ2) is 6.31. The second-order valence-electron chi connectivity index (χ2n) is 7.14. The van der Waals surface area contributed by atoms with E-state index in [-0.39, 0.29) is 0 Å². The first-order chi connectivity index (χ1) is 11.7. The zero-order valence-electron chi connectivity index (χ0n) is 14.5. The van der Waals surface area contributed by atoms with Crippen LogP contribution in [0.2, 0.25) is 0 Å². The Morgan fingerprint density at radius 2 is 2.21 bits per heavy atom. The predicted octanol–water partition coefficient (Wildman–Crippen LogP) is 1.15. The molecule has 130 valence electrons. The fraction of sp³-hybridized carbons (Fsp3) is 0.647. The molecular formula is C17H26N6O. The molecule has 0 radical (unpaired) electrons. The monoisotopic (exact) mass is 330 g/mol. The van der Waals surface area contributed by atoms with Gasteiger partial charge < -0.3 is 10.1 Å². The van der Waals surface area contributed by atoms with Gasteiger partial charge in [-0.05, 0) is 32.4 Å². The van der Waals surface area contributed by atoms with Crippen LogP contribution < -0.4 is 5.32 Å². The van der Waals surface area contributed by atoms with Gasteiger partial charge in [0.1, 0.15) is 5.69 Å². The van der Waals surface area contributed by atoms with E-state index in [9.17, 15) is 0 Å². The van der Waals surface area contributed by atoms with Crippen molar-refractivity contribution in [2.24, 2.45) is 7.05 Å². The molecule has 0 aromatic carbocycles. The van der Waals surface area contributed by atoms with Crippen LogP contribution in [0.4, 0.5) is 0 Å². The van der Waals surface area contributed by atoms with Crippen LogP contribution in [-0.4, -0.2) is 63.3 Å². The maximum atomic E-state index is 5.56. The standard InChI is InChI=1S/C17H26N6O/c1-22-12-14(9-17(22)4-7-24-8-5-17)18-10-13-11-19-20-16(13)15-3-6-23(2)21-15/h3,6,11,14,18H,4-5,7-10,12H2,1-2H3,(H,19,20). The lowest BCUT2D eigenvalue weighted by atomic mass is 9.86. The lowest BCUT2D eigenvalue weighted by Gasteiger charge is -2.39. The van der Waals surface area contributed by atoms with Crippen LogP contribution in [0.25, 0.3) is 11.4 Å². The predicted molar refractivity (Wildman–Crippen MR) is 91.4 cm³/mol. The van der Waals surface area contributed by atoms with E-state index >= 15 is 0 Å². The fourth-order valence-corrected chi connectivity index (χ4v) is 4.15. The highest BCUT2D eigenvalue weighted by atomic mass is 16.5. The van der Waals surface area contributed by atoms with Crippen molar-refractivity contribution in [3.63, 3.8) is 0 Å². The largest absolute Gasteiger partial charge is 0.381 e. The molecule has 1 unspecified atom stereocenters. The van der Waals surface area contributed by atoms with E-state index in [1.165, 1.54) is 12.0 Å². The van der Waals surface area contributed by atoms with E-state index < -0.39 is 0 Å². The van der Waals surface area contributed by atoms with Gasteiger partial charge in [-0.3, -0.25) is 14.7 Å². The molecule has 0 bridgehead atoms. The van der Waals surface area contributed by atoms with Gasteiger partial charge >= 0.3 is 0 Å². The number of nitrogens with zero attached hydrogens (tertiary/aromatic N) is 4. The topological polar surface area (TPSA) is 71.0 Å². The zero-order chi connectivity index (χ0) is 16.6. The van der Waals surface area contributed by atoms with Crippen molar-refractivity contribution in [2.75, 3.05) is 26.8 Å². The second-order valence-corrected chi connectivity index (χ2v) is 7.14. The molecule has 7 nitrogen and oxygen atoms in total. The number of rotatable bonds is 4. The Kier molecular flexibility index (Phi) is 4.15. The van der Waals surface area contributed by atoms with E-state index in [1.54, 1.807) is 0 Å². The third-order valence-corrected chi connectivity index (χ3v) is 5.62. The summed E-state index contributed by atoms with van der Waals surface area (Å²) in [5.74, 6) is 0. The summed E-state index contributed by atoms with van der Waals surface area (Å²) in [5, 5.41) is 15.5. The third kappa shape index (κ3) is 2.87. The molecule has 1 spiro atoms. The average molecular weight is 330 g/mol. The lowest BCUT2D eigenvalue weighted by molar-refractivity contribution is 0.00175. The Morgan fingerprint density at radius 1 is 1.38 bits per heavy atom. The SMILES string of the molecule is CN1CC(NCc2cn[nH]c2-c2ccn(C)n2)CC12CCOCC2. The van der Waals surface area contributed by atoms with Gasteiger partial charge in [0.25, 0.3) is 0 Å². The van der Waals surface area contributed by atoms with Gasteiger partial charge in [-0.15, -0.1) is 0 Å². The Hall–Kier alpha value is -1.70. The Bertz CT molecular complexity index is 687. The van der Waals surface area contributed by atoms with Crippen molar-refractivity contribution in [3.05, 3.63) is 24.0 Å². The van der Waals surface area contributed by atoms with Crippen molar-refractivity contribution in [1.29, 1.82) is 0 Å². The highest BCUT2D eigenvalue weighted by Crippen LogP contribution is 2.36. The van der Waals surface area contributed by atoms with Crippen molar-refractivity contribution in [2.45, 2.75) is 37.4 Å². The summed E-state index contributed by atoms with van der Waals surface area (Å²) in [7, 11) is 4.18. The summed E-state index contributed by atoms with van der Waals surface area (Å²) in [6.45, 7) is 3.69. The van der Waals surface area contributed by atoms with Crippen LogP contribution in [-0.2, 0) is 18.3 Å². The summed E-state index contributed by atoms with van der Waals surface area (Å²) in [5.41, 5.74) is 3.45. The van der Waals surface area contributed by atoms with Gasteiger partial charge in [-0.1, -0.05) is 0 Å². The van der Waals surface area contributed by atoms with E-state index in [1.807, 2.05) is 30.2 Å². The molecule has 4 rings (SSSR count). The first-order valence-electron chi connectivity index (χ1n) is 8.71. The number of hydrogen-bond acceptors (Lipinski definition) is 5. The molecule has 24 heavy (non-hydrogen) atoms. The third-order valence-electron chi connectivity index (χ3n) is 5.62. The van der Waals surface area contributed by atoms with Gasteiger partial charge in [-0.2, -0.15) is 10.2 Å². The summed E-state index contributed by atoms with van der Waals surface area (Å²) < 4.78 is 7.37. The number of nitrogens with one attached hydrogen (secondary N) is 2.